The number of nitrogens with one attached hydrogen (secondary N) is 2. The molecule has 0 bridgehead atoms. The average Bonchev–Trinajstić information content (AvgIpc) is 3.63. The van der Waals surface area contributed by atoms with Gasteiger partial charge in [0.1, 0.15) is 11.5 Å². The van der Waals surface area contributed by atoms with E-state index < -0.39 is 0 Å². The highest BCUT2D eigenvalue weighted by Gasteiger charge is 2.24. The predicted octanol–water partition coefficient (Wildman–Crippen LogP) is 4.64. The highest BCUT2D eigenvalue weighted by atomic mass is 32.2. The Morgan fingerprint density at radius 2 is 1.76 bits per heavy atom. The van der Waals surface area contributed by atoms with E-state index in [0.717, 1.165) is 16.9 Å². The Hall–Kier alpha value is -4.12. The average molecular weight is 525 g/mol. The maximum Gasteiger partial charge on any atom is 0.221 e. The first-order chi connectivity index (χ1) is 18.0. The number of furan rings is 1. The van der Waals surface area contributed by atoms with Crippen LogP contribution >= 0.6 is 11.8 Å². The van der Waals surface area contributed by atoms with E-state index in [-0.39, 0.29) is 17.6 Å². The summed E-state index contributed by atoms with van der Waals surface area (Å²) in [5.74, 6) is 3.33. The third-order valence-electron chi connectivity index (χ3n) is 5.55. The summed E-state index contributed by atoms with van der Waals surface area (Å²) in [6.45, 7) is 0.292. The number of carbonyl (C=O) groups excluding carboxylic acids is 1. The summed E-state index contributed by atoms with van der Waals surface area (Å²) in [7, 11) is 6.26. The van der Waals surface area contributed by atoms with Crippen LogP contribution in [0.5, 0.6) is 23.0 Å². The molecule has 2 heterocycles. The molecule has 2 aromatic carbocycles. The number of aromatic amines is 1. The second kappa shape index (κ2) is 12.2. The lowest BCUT2D eigenvalue weighted by molar-refractivity contribution is -0.121. The van der Waals surface area contributed by atoms with Crippen molar-refractivity contribution in [1.82, 2.24) is 20.5 Å². The Morgan fingerprint density at radius 3 is 2.35 bits per heavy atom. The largest absolute Gasteiger partial charge is 0.497 e. The topological polar surface area (TPSA) is 121 Å². The Balaban J connectivity index is 1.60. The molecule has 0 unspecified atom stereocenters. The highest BCUT2D eigenvalue weighted by molar-refractivity contribution is 7.99. The molecule has 0 fully saturated rings. The quantitative estimate of drug-likeness (QED) is 0.255. The summed E-state index contributed by atoms with van der Waals surface area (Å²) in [5.41, 5.74) is 1.66. The van der Waals surface area contributed by atoms with Crippen molar-refractivity contribution in [3.05, 3.63) is 66.1 Å². The number of aromatic nitrogens is 3. The summed E-state index contributed by atoms with van der Waals surface area (Å²) < 4.78 is 27.0. The number of nitrogens with zero attached hydrogens (tertiary/aromatic N) is 2. The molecule has 2 aromatic heterocycles. The van der Waals surface area contributed by atoms with E-state index in [1.807, 2.05) is 36.4 Å². The molecule has 37 heavy (non-hydrogen) atoms. The van der Waals surface area contributed by atoms with Crippen LogP contribution in [0, 0.1) is 0 Å². The second-order valence-electron chi connectivity index (χ2n) is 7.82. The van der Waals surface area contributed by atoms with E-state index in [4.69, 9.17) is 23.4 Å². The molecule has 1 atom stereocenters. The van der Waals surface area contributed by atoms with Crippen molar-refractivity contribution in [3.63, 3.8) is 0 Å². The molecule has 4 aromatic rings. The minimum atomic E-state index is -0.357. The monoisotopic (exact) mass is 524 g/mol. The van der Waals surface area contributed by atoms with Gasteiger partial charge >= 0.3 is 0 Å². The van der Waals surface area contributed by atoms with Gasteiger partial charge in [0, 0.05) is 17.2 Å². The lowest BCUT2D eigenvalue weighted by Gasteiger charge is -2.19. The van der Waals surface area contributed by atoms with Crippen LogP contribution in [0.4, 0.5) is 0 Å². The molecule has 0 aliphatic carbocycles. The van der Waals surface area contributed by atoms with E-state index >= 15 is 0 Å². The lowest BCUT2D eigenvalue weighted by atomic mass is 10.1. The molecule has 0 spiro atoms. The molecule has 10 nitrogen and oxygen atoms in total. The number of thioether (sulfide) groups is 1. The molecule has 0 saturated heterocycles. The van der Waals surface area contributed by atoms with Crippen LogP contribution in [0.2, 0.25) is 0 Å². The van der Waals surface area contributed by atoms with E-state index in [9.17, 15) is 4.79 Å². The van der Waals surface area contributed by atoms with Gasteiger partial charge in [0.2, 0.25) is 16.8 Å². The number of methoxy groups -OCH3 is 4. The normalized spacial score (nSPS) is 11.6. The van der Waals surface area contributed by atoms with Crippen molar-refractivity contribution in [2.24, 2.45) is 0 Å². The van der Waals surface area contributed by atoms with Gasteiger partial charge in [-0.3, -0.25) is 9.89 Å². The summed E-state index contributed by atoms with van der Waals surface area (Å²) in [6.07, 6.45) is 1.72. The lowest BCUT2D eigenvalue weighted by Crippen LogP contribution is -2.24. The zero-order valence-electron chi connectivity index (χ0n) is 20.9. The van der Waals surface area contributed by atoms with Crippen molar-refractivity contribution in [1.29, 1.82) is 0 Å². The number of hydrogen-bond donors (Lipinski definition) is 2. The van der Waals surface area contributed by atoms with Gasteiger partial charge < -0.3 is 28.7 Å². The van der Waals surface area contributed by atoms with Gasteiger partial charge in [0.05, 0.1) is 41.2 Å². The third kappa shape index (κ3) is 6.36. The molecule has 11 heteroatoms. The van der Waals surface area contributed by atoms with E-state index in [0.29, 0.717) is 40.5 Å². The molecule has 0 aliphatic heterocycles. The SMILES string of the molecule is COc1ccc(-c2nc(S[C@@H](CC(=O)NCc3ccco3)c3cc(OC)c(OC)c(OC)c3)n[nH]2)cc1. The zero-order valence-corrected chi connectivity index (χ0v) is 21.8. The van der Waals surface area contributed by atoms with Crippen molar-refractivity contribution in [3.8, 4) is 34.4 Å². The Labute approximate surface area is 218 Å². The van der Waals surface area contributed by atoms with E-state index in [1.54, 1.807) is 46.8 Å². The standard InChI is InChI=1S/C26H28N4O6S/c1-32-18-9-7-16(8-10-18)25-28-26(30-29-25)37-22(14-23(31)27-15-19-6-5-11-36-19)17-12-20(33-2)24(35-4)21(13-17)34-3/h5-13,22H,14-15H2,1-4H3,(H,27,31)(H,28,29,30)/t22-/m0/s1. The maximum atomic E-state index is 12.9. The minimum Gasteiger partial charge on any atom is -0.497 e. The third-order valence-corrected chi connectivity index (χ3v) is 6.66. The highest BCUT2D eigenvalue weighted by Crippen LogP contribution is 2.44. The van der Waals surface area contributed by atoms with Crippen molar-refractivity contribution in [2.45, 2.75) is 23.4 Å². The van der Waals surface area contributed by atoms with Crippen LogP contribution in [0.3, 0.4) is 0 Å². The van der Waals surface area contributed by atoms with E-state index in [2.05, 4.69) is 20.5 Å². The van der Waals surface area contributed by atoms with Crippen LogP contribution in [0.15, 0.2) is 64.4 Å². The van der Waals surface area contributed by atoms with Crippen LogP contribution < -0.4 is 24.3 Å². The smallest absolute Gasteiger partial charge is 0.221 e. The second-order valence-corrected chi connectivity index (χ2v) is 8.99. The summed E-state index contributed by atoms with van der Waals surface area (Å²) >= 11 is 1.35. The van der Waals surface area contributed by atoms with Crippen molar-refractivity contribution < 1.29 is 28.2 Å². The maximum absolute atomic E-state index is 12.9. The van der Waals surface area contributed by atoms with Gasteiger partial charge in [-0.05, 0) is 54.1 Å². The molecule has 2 N–H and O–H groups in total. The fourth-order valence-corrected chi connectivity index (χ4v) is 4.66. The van der Waals surface area contributed by atoms with E-state index in [1.165, 1.54) is 11.8 Å². The number of H-pyrrole nitrogens is 1. The number of ether oxygens (including phenoxy) is 4. The van der Waals surface area contributed by atoms with Gasteiger partial charge in [-0.25, -0.2) is 4.98 Å². The fourth-order valence-electron chi connectivity index (χ4n) is 3.66. The van der Waals surface area contributed by atoms with Crippen LogP contribution in [-0.2, 0) is 11.3 Å². The minimum absolute atomic E-state index is 0.149. The van der Waals surface area contributed by atoms with Gasteiger partial charge in [-0.1, -0.05) is 11.8 Å². The number of rotatable bonds is 12. The Morgan fingerprint density at radius 1 is 1.03 bits per heavy atom. The summed E-state index contributed by atoms with van der Waals surface area (Å²) in [6, 6.07) is 14.7. The zero-order chi connectivity index (χ0) is 26.2. The van der Waals surface area contributed by atoms with Gasteiger partial charge in [0.25, 0.3) is 0 Å². The first-order valence-electron chi connectivity index (χ1n) is 11.4. The number of hydrogen-bond acceptors (Lipinski definition) is 9. The Kier molecular flexibility index (Phi) is 8.57. The number of carbonyl (C=O) groups is 1. The molecule has 0 saturated carbocycles. The molecule has 4 rings (SSSR count). The predicted molar refractivity (Wildman–Crippen MR) is 138 cm³/mol. The van der Waals surface area contributed by atoms with Gasteiger partial charge in [0.15, 0.2) is 17.3 Å². The van der Waals surface area contributed by atoms with Crippen LogP contribution in [-0.4, -0.2) is 49.5 Å². The molecule has 194 valence electrons. The molecular formula is C26H28N4O6S. The van der Waals surface area contributed by atoms with Gasteiger partial charge in [-0.2, -0.15) is 0 Å². The number of amides is 1. The molecule has 0 radical (unpaired) electrons. The van der Waals surface area contributed by atoms with Crippen molar-refractivity contribution >= 4 is 17.7 Å². The summed E-state index contributed by atoms with van der Waals surface area (Å²) in [4.78, 5) is 17.6. The summed E-state index contributed by atoms with van der Waals surface area (Å²) in [5, 5.41) is 10.4. The first-order valence-corrected chi connectivity index (χ1v) is 12.2. The number of benzene rings is 2. The molecule has 1 amide bonds. The van der Waals surface area contributed by atoms with Gasteiger partial charge in [-0.15, -0.1) is 5.10 Å². The van der Waals surface area contributed by atoms with Crippen molar-refractivity contribution in [2.75, 3.05) is 28.4 Å². The fraction of sp³-hybridized carbons (Fsp3) is 0.269. The first kappa shape index (κ1) is 26.0. The van der Waals surface area contributed by atoms with Crippen LogP contribution in [0.1, 0.15) is 23.0 Å². The molecular weight excluding hydrogens is 496 g/mol. The molecule has 0 aliphatic rings. The Bertz CT molecular complexity index is 1280. The van der Waals surface area contributed by atoms with Crippen LogP contribution in [0.25, 0.3) is 11.4 Å².